The third-order valence-electron chi connectivity index (χ3n) is 5.78. The summed E-state index contributed by atoms with van der Waals surface area (Å²) in [7, 11) is -3.52. The fraction of sp³-hybridized carbons (Fsp3) is 0.571. The van der Waals surface area contributed by atoms with Crippen LogP contribution < -0.4 is 9.05 Å². The first kappa shape index (κ1) is 26.7. The Bertz CT molecular complexity index is 774. The van der Waals surface area contributed by atoms with Crippen molar-refractivity contribution in [3.8, 4) is 11.5 Å². The monoisotopic (exact) mass is 460 g/mol. The molecule has 0 fully saturated rings. The predicted octanol–water partition coefficient (Wildman–Crippen LogP) is 8.59. The summed E-state index contributed by atoms with van der Waals surface area (Å²) in [5, 5.41) is 0. The van der Waals surface area contributed by atoms with Crippen molar-refractivity contribution in [2.45, 2.75) is 97.8 Å². The molecule has 0 aliphatic rings. The van der Waals surface area contributed by atoms with Crippen molar-refractivity contribution < 1.29 is 13.9 Å². The van der Waals surface area contributed by atoms with Gasteiger partial charge in [0.15, 0.2) is 0 Å². The van der Waals surface area contributed by atoms with Gasteiger partial charge in [0.2, 0.25) is 0 Å². The second-order valence-corrected chi connectivity index (χ2v) is 13.3. The van der Waals surface area contributed by atoms with E-state index >= 15 is 0 Å². The van der Waals surface area contributed by atoms with Crippen molar-refractivity contribution in [2.75, 3.05) is 6.16 Å². The summed E-state index contributed by atoms with van der Waals surface area (Å²) < 4.78 is 12.9. The third kappa shape index (κ3) is 8.09. The van der Waals surface area contributed by atoms with Gasteiger partial charge in [-0.15, -0.1) is 0 Å². The standard InChI is InChI=1S/C28H45O3P/c1-8-9-10-11-12-17-22-32(29,30-25-20-15-13-18-23(25)27(2,3)4)31-26-21-16-14-19-24(26)28(5,6)7/h13-16,18-21,29,32H,8-12,17,22H2,1-7H3. The molecule has 32 heavy (non-hydrogen) atoms. The van der Waals surface area contributed by atoms with Crippen LogP contribution in [0.25, 0.3) is 0 Å². The summed E-state index contributed by atoms with van der Waals surface area (Å²) in [6.45, 7) is 15.2. The van der Waals surface area contributed by atoms with Gasteiger partial charge in [-0.2, -0.15) is 0 Å². The fourth-order valence-corrected chi connectivity index (χ4v) is 5.93. The van der Waals surface area contributed by atoms with Gasteiger partial charge in [-0.3, -0.25) is 0 Å². The quantitative estimate of drug-likeness (QED) is 0.269. The molecule has 0 radical (unpaired) electrons. The average Bonchev–Trinajstić information content (AvgIpc) is 2.70. The maximum absolute atomic E-state index is 11.8. The molecule has 2 aromatic rings. The Balaban J connectivity index is 2.31. The first-order valence-corrected chi connectivity index (χ1v) is 14.2. The fourth-order valence-electron chi connectivity index (χ4n) is 3.95. The Morgan fingerprint density at radius 1 is 0.656 bits per heavy atom. The molecule has 2 aromatic carbocycles. The van der Waals surface area contributed by atoms with Gasteiger partial charge in [0, 0.05) is 0 Å². The van der Waals surface area contributed by atoms with Gasteiger partial charge in [-0.1, -0.05) is 0 Å². The summed E-state index contributed by atoms with van der Waals surface area (Å²) in [4.78, 5) is 11.8. The Morgan fingerprint density at radius 3 is 1.50 bits per heavy atom. The van der Waals surface area contributed by atoms with Crippen LogP contribution in [0.2, 0.25) is 0 Å². The molecular formula is C28H45O3P. The molecule has 0 spiro atoms. The van der Waals surface area contributed by atoms with E-state index in [0.29, 0.717) is 6.16 Å². The Kier molecular flexibility index (Phi) is 9.61. The molecule has 4 heteroatoms. The number of hydrogen-bond donors (Lipinski definition) is 1. The first-order valence-electron chi connectivity index (χ1n) is 12.3. The Hall–Kier alpha value is -1.57. The van der Waals surface area contributed by atoms with Crippen molar-refractivity contribution in [3.05, 3.63) is 59.7 Å². The van der Waals surface area contributed by atoms with Crippen LogP contribution in [-0.4, -0.2) is 11.1 Å². The Morgan fingerprint density at radius 2 is 1.06 bits per heavy atom. The number of unbranched alkanes of at least 4 members (excludes halogenated alkanes) is 5. The van der Waals surface area contributed by atoms with Gasteiger partial charge in [0.05, 0.1) is 0 Å². The molecule has 2 rings (SSSR count). The SMILES string of the molecule is CCCCCCCC[PH](O)(Oc1ccccc1C(C)(C)C)Oc1ccccc1C(C)(C)C. The van der Waals surface area contributed by atoms with Gasteiger partial charge >= 0.3 is 197 Å². The van der Waals surface area contributed by atoms with Crippen molar-refractivity contribution in [1.29, 1.82) is 0 Å². The van der Waals surface area contributed by atoms with E-state index in [-0.39, 0.29) is 10.8 Å². The summed E-state index contributed by atoms with van der Waals surface area (Å²) in [6, 6.07) is 16.1. The molecule has 0 aliphatic heterocycles. The minimum absolute atomic E-state index is 0.0879. The molecule has 3 nitrogen and oxygen atoms in total. The molecule has 0 bridgehead atoms. The second-order valence-electron chi connectivity index (χ2n) is 10.9. The van der Waals surface area contributed by atoms with Gasteiger partial charge < -0.3 is 0 Å². The van der Waals surface area contributed by atoms with Crippen LogP contribution >= 0.6 is 7.94 Å². The minimum atomic E-state index is -3.52. The zero-order chi connectivity index (χ0) is 23.8. The van der Waals surface area contributed by atoms with Crippen LogP contribution in [0, 0.1) is 0 Å². The summed E-state index contributed by atoms with van der Waals surface area (Å²) in [5.74, 6) is 1.46. The van der Waals surface area contributed by atoms with Crippen LogP contribution in [0.15, 0.2) is 48.5 Å². The molecule has 0 atom stereocenters. The second kappa shape index (κ2) is 11.5. The molecule has 0 heterocycles. The van der Waals surface area contributed by atoms with E-state index in [4.69, 9.17) is 9.05 Å². The zero-order valence-corrected chi connectivity index (χ0v) is 22.3. The van der Waals surface area contributed by atoms with E-state index in [1.165, 1.54) is 25.7 Å². The van der Waals surface area contributed by atoms with E-state index in [9.17, 15) is 4.89 Å². The van der Waals surface area contributed by atoms with E-state index in [0.717, 1.165) is 35.5 Å². The summed E-state index contributed by atoms with van der Waals surface area (Å²) in [6.07, 6.45) is 7.49. The van der Waals surface area contributed by atoms with Crippen LogP contribution in [0.5, 0.6) is 11.5 Å². The molecule has 0 amide bonds. The molecule has 180 valence electrons. The molecule has 0 aliphatic carbocycles. The molecule has 0 unspecified atom stereocenters. The normalized spacial score (nSPS) is 13.1. The van der Waals surface area contributed by atoms with Crippen LogP contribution in [0.3, 0.4) is 0 Å². The first-order chi connectivity index (χ1) is 15.0. The van der Waals surface area contributed by atoms with E-state index in [1.54, 1.807) is 0 Å². The van der Waals surface area contributed by atoms with E-state index in [1.807, 2.05) is 36.4 Å². The molecule has 0 aromatic heterocycles. The number of hydrogen-bond acceptors (Lipinski definition) is 3. The molecule has 0 saturated heterocycles. The van der Waals surface area contributed by atoms with Gasteiger partial charge in [0.1, 0.15) is 0 Å². The topological polar surface area (TPSA) is 38.7 Å². The van der Waals surface area contributed by atoms with Gasteiger partial charge in [-0.25, -0.2) is 0 Å². The Labute approximate surface area is 197 Å². The summed E-state index contributed by atoms with van der Waals surface area (Å²) in [5.41, 5.74) is 1.99. The third-order valence-corrected chi connectivity index (χ3v) is 7.84. The van der Waals surface area contributed by atoms with Crippen LogP contribution in [0.1, 0.15) is 98.1 Å². The van der Waals surface area contributed by atoms with Crippen molar-refractivity contribution in [2.24, 2.45) is 0 Å². The van der Waals surface area contributed by atoms with Gasteiger partial charge in [0.25, 0.3) is 0 Å². The van der Waals surface area contributed by atoms with Crippen LogP contribution in [-0.2, 0) is 10.8 Å². The van der Waals surface area contributed by atoms with Crippen molar-refractivity contribution >= 4 is 7.94 Å². The van der Waals surface area contributed by atoms with Crippen molar-refractivity contribution in [1.82, 2.24) is 0 Å². The zero-order valence-electron chi connectivity index (χ0n) is 21.3. The number of rotatable bonds is 11. The summed E-state index contributed by atoms with van der Waals surface area (Å²) >= 11 is 0. The van der Waals surface area contributed by atoms with E-state index < -0.39 is 7.94 Å². The van der Waals surface area contributed by atoms with Gasteiger partial charge in [-0.05, 0) is 0 Å². The van der Waals surface area contributed by atoms with Crippen LogP contribution in [0.4, 0.5) is 0 Å². The number of benzene rings is 2. The predicted molar refractivity (Wildman–Crippen MR) is 140 cm³/mol. The average molecular weight is 461 g/mol. The number of para-hydroxylation sites is 2. The molecular weight excluding hydrogens is 415 g/mol. The maximum atomic E-state index is 11.8. The molecule has 1 N–H and O–H groups in total. The molecule has 0 saturated carbocycles. The van der Waals surface area contributed by atoms with E-state index in [2.05, 4.69) is 60.6 Å². The van der Waals surface area contributed by atoms with Crippen molar-refractivity contribution in [3.63, 3.8) is 0 Å².